The molecule has 0 unspecified atom stereocenters. The van der Waals surface area contributed by atoms with Gasteiger partial charge in [-0.05, 0) is 12.1 Å². The first kappa shape index (κ1) is 18.3. The monoisotopic (exact) mass is 384 g/mol. The molecule has 3 heterocycles. The number of fused-ring (bicyclic) bond motifs is 2. The van der Waals surface area contributed by atoms with Gasteiger partial charge in [-0.15, -0.1) is 0 Å². The topological polar surface area (TPSA) is 103 Å². The van der Waals surface area contributed by atoms with Crippen molar-refractivity contribution < 1.29 is 23.8 Å². The Morgan fingerprint density at radius 2 is 2.14 bits per heavy atom. The van der Waals surface area contributed by atoms with Crippen LogP contribution >= 0.6 is 0 Å². The van der Waals surface area contributed by atoms with Crippen LogP contribution in [-0.2, 0) is 27.3 Å². The van der Waals surface area contributed by atoms with Gasteiger partial charge in [0.25, 0.3) is 11.8 Å². The predicted molar refractivity (Wildman–Crippen MR) is 97.9 cm³/mol. The second-order valence-corrected chi connectivity index (χ2v) is 6.49. The fourth-order valence-electron chi connectivity index (χ4n) is 3.11. The second kappa shape index (κ2) is 7.91. The molecule has 146 valence electrons. The number of aromatic nitrogens is 2. The van der Waals surface area contributed by atoms with E-state index < -0.39 is 11.9 Å². The molecule has 0 fully saturated rings. The van der Waals surface area contributed by atoms with E-state index in [9.17, 15) is 9.59 Å². The van der Waals surface area contributed by atoms with Crippen LogP contribution < -0.4 is 15.0 Å². The normalized spacial score (nSPS) is 19.4. The zero-order valence-corrected chi connectivity index (χ0v) is 15.4. The maximum atomic E-state index is 12.7. The van der Waals surface area contributed by atoms with Crippen LogP contribution in [0.15, 0.2) is 30.5 Å². The lowest BCUT2D eigenvalue weighted by Crippen LogP contribution is -2.49. The van der Waals surface area contributed by atoms with Crippen molar-refractivity contribution in [2.24, 2.45) is 0 Å². The molecular formula is C19H20N4O5. The minimum atomic E-state index is -0.845. The summed E-state index contributed by atoms with van der Waals surface area (Å²) in [7, 11) is 1.65. The number of hydrogen-bond donors (Lipinski definition) is 1. The Labute approximate surface area is 161 Å². The molecule has 1 N–H and O–H groups in total. The molecular weight excluding hydrogens is 364 g/mol. The summed E-state index contributed by atoms with van der Waals surface area (Å²) in [5.74, 6) is -0.219. The Balaban J connectivity index is 1.51. The smallest absolute Gasteiger partial charge is 0.289 e. The molecule has 1 aromatic heterocycles. The van der Waals surface area contributed by atoms with Crippen molar-refractivity contribution in [1.82, 2.24) is 15.3 Å². The highest BCUT2D eigenvalue weighted by molar-refractivity contribution is 6.02. The quantitative estimate of drug-likeness (QED) is 0.812. The maximum Gasteiger partial charge on any atom is 0.289 e. The fraction of sp³-hybridized carbons (Fsp3) is 0.368. The zero-order valence-electron chi connectivity index (χ0n) is 15.4. The van der Waals surface area contributed by atoms with Crippen LogP contribution in [0.3, 0.4) is 0 Å². The van der Waals surface area contributed by atoms with Gasteiger partial charge in [0, 0.05) is 25.2 Å². The molecule has 2 aliphatic heterocycles. The van der Waals surface area contributed by atoms with Gasteiger partial charge < -0.3 is 24.4 Å². The number of carbonyl (C=O) groups is 2. The van der Waals surface area contributed by atoms with Crippen molar-refractivity contribution in [3.63, 3.8) is 0 Å². The first-order chi connectivity index (χ1) is 13.6. The van der Waals surface area contributed by atoms with Crippen molar-refractivity contribution in [3.8, 4) is 5.75 Å². The third-order valence-corrected chi connectivity index (χ3v) is 4.63. The van der Waals surface area contributed by atoms with E-state index in [4.69, 9.17) is 14.2 Å². The number of amides is 2. The van der Waals surface area contributed by atoms with Crippen molar-refractivity contribution in [3.05, 3.63) is 47.5 Å². The van der Waals surface area contributed by atoms with Crippen molar-refractivity contribution >= 4 is 17.5 Å². The van der Waals surface area contributed by atoms with E-state index in [-0.39, 0.29) is 25.1 Å². The van der Waals surface area contributed by atoms with Gasteiger partial charge in [0.05, 0.1) is 24.6 Å². The van der Waals surface area contributed by atoms with E-state index in [1.54, 1.807) is 25.4 Å². The highest BCUT2D eigenvalue weighted by Crippen LogP contribution is 2.29. The molecule has 0 bridgehead atoms. The van der Waals surface area contributed by atoms with Crippen LogP contribution in [0.5, 0.6) is 5.75 Å². The van der Waals surface area contributed by atoms with Crippen LogP contribution in [0.1, 0.15) is 21.9 Å². The second-order valence-electron chi connectivity index (χ2n) is 6.49. The Kier molecular flexibility index (Phi) is 5.18. The molecule has 0 radical (unpaired) electrons. The van der Waals surface area contributed by atoms with E-state index >= 15 is 0 Å². The molecule has 0 spiro atoms. The highest BCUT2D eigenvalue weighted by Gasteiger charge is 2.31. The lowest BCUT2D eigenvalue weighted by molar-refractivity contribution is -0.120. The van der Waals surface area contributed by atoms with Crippen LogP contribution in [0.4, 0.5) is 5.69 Å². The van der Waals surface area contributed by atoms with E-state index in [0.717, 1.165) is 5.56 Å². The highest BCUT2D eigenvalue weighted by atomic mass is 16.7. The van der Waals surface area contributed by atoms with Crippen LogP contribution in [-0.4, -0.2) is 54.9 Å². The summed E-state index contributed by atoms with van der Waals surface area (Å²) >= 11 is 0. The van der Waals surface area contributed by atoms with Crippen LogP contribution in [0.2, 0.25) is 0 Å². The van der Waals surface area contributed by atoms with E-state index in [2.05, 4.69) is 15.3 Å². The summed E-state index contributed by atoms with van der Waals surface area (Å²) in [6.07, 6.45) is 2.14. The van der Waals surface area contributed by atoms with Gasteiger partial charge in [0.1, 0.15) is 25.2 Å². The maximum absolute atomic E-state index is 12.7. The molecule has 2 amide bonds. The van der Waals surface area contributed by atoms with Crippen molar-refractivity contribution in [2.75, 3.05) is 32.0 Å². The van der Waals surface area contributed by atoms with E-state index in [1.807, 2.05) is 12.1 Å². The summed E-state index contributed by atoms with van der Waals surface area (Å²) in [5.41, 5.74) is 2.18. The van der Waals surface area contributed by atoms with Gasteiger partial charge in [0.15, 0.2) is 0 Å². The fourth-order valence-corrected chi connectivity index (χ4v) is 3.11. The number of para-hydroxylation sites is 2. The summed E-state index contributed by atoms with van der Waals surface area (Å²) in [4.78, 5) is 35.4. The number of carbonyl (C=O) groups excluding carboxylic acids is 2. The van der Waals surface area contributed by atoms with Crippen molar-refractivity contribution in [1.29, 1.82) is 0 Å². The molecule has 1 aromatic carbocycles. The summed E-state index contributed by atoms with van der Waals surface area (Å²) in [6.45, 7) is 1.03. The largest absolute Gasteiger partial charge is 0.489 e. The standard InChI is InChI=1S/C19H20N4O5/c1-23-15-4-2-3-5-16(15)28-10-14(19(23)25)22-18(24)17-20-8-12-9-27-11-26-7-6-13(12)21-17/h2-5,8,14H,6-7,9-11H2,1H3,(H,22,24)/t14-/m0/s1. The Hall–Kier alpha value is -3.04. The third-order valence-electron chi connectivity index (χ3n) is 4.63. The number of benzene rings is 1. The van der Waals surface area contributed by atoms with E-state index in [0.29, 0.717) is 36.8 Å². The van der Waals surface area contributed by atoms with Gasteiger partial charge in [-0.25, -0.2) is 9.97 Å². The molecule has 2 aromatic rings. The van der Waals surface area contributed by atoms with Crippen LogP contribution in [0.25, 0.3) is 0 Å². The number of anilines is 1. The molecule has 1 atom stereocenters. The van der Waals surface area contributed by atoms with E-state index in [1.165, 1.54) is 4.90 Å². The summed E-state index contributed by atoms with van der Waals surface area (Å²) in [5, 5.41) is 2.68. The Morgan fingerprint density at radius 3 is 3.04 bits per heavy atom. The molecule has 9 nitrogen and oxygen atoms in total. The molecule has 0 saturated heterocycles. The average molecular weight is 384 g/mol. The zero-order chi connectivity index (χ0) is 19.5. The summed E-state index contributed by atoms with van der Waals surface area (Å²) < 4.78 is 16.3. The SMILES string of the molecule is CN1C(=O)[C@@H](NC(=O)c2ncc3c(n2)CCOCOC3)COc2ccccc21. The van der Waals surface area contributed by atoms with Gasteiger partial charge in [-0.2, -0.15) is 0 Å². The number of ether oxygens (including phenoxy) is 3. The molecule has 2 aliphatic rings. The molecule has 0 saturated carbocycles. The minimum absolute atomic E-state index is 0.00321. The lowest BCUT2D eigenvalue weighted by Gasteiger charge is -2.20. The van der Waals surface area contributed by atoms with Crippen LogP contribution in [0, 0.1) is 0 Å². The van der Waals surface area contributed by atoms with Gasteiger partial charge in [-0.1, -0.05) is 12.1 Å². The van der Waals surface area contributed by atoms with Gasteiger partial charge >= 0.3 is 0 Å². The number of hydrogen-bond acceptors (Lipinski definition) is 7. The van der Waals surface area contributed by atoms with Gasteiger partial charge in [-0.3, -0.25) is 9.59 Å². The van der Waals surface area contributed by atoms with Gasteiger partial charge in [0.2, 0.25) is 5.82 Å². The molecule has 0 aliphatic carbocycles. The minimum Gasteiger partial charge on any atom is -0.489 e. The first-order valence-electron chi connectivity index (χ1n) is 8.94. The number of rotatable bonds is 2. The Morgan fingerprint density at radius 1 is 1.29 bits per heavy atom. The predicted octanol–water partition coefficient (Wildman–Crippen LogP) is 0.677. The summed E-state index contributed by atoms with van der Waals surface area (Å²) in [6, 6.07) is 6.38. The number of nitrogens with one attached hydrogen (secondary N) is 1. The first-order valence-corrected chi connectivity index (χ1v) is 8.94. The number of likely N-dealkylation sites (N-methyl/N-ethyl adjacent to an activating group) is 1. The average Bonchev–Trinajstić information content (AvgIpc) is 2.81. The third kappa shape index (κ3) is 3.67. The Bertz CT molecular complexity index is 904. The number of nitrogens with zero attached hydrogens (tertiary/aromatic N) is 3. The molecule has 28 heavy (non-hydrogen) atoms. The molecule has 4 rings (SSSR count). The van der Waals surface area contributed by atoms with Crippen molar-refractivity contribution in [2.45, 2.75) is 19.1 Å². The molecule has 9 heteroatoms. The lowest BCUT2D eigenvalue weighted by atomic mass is 10.2.